The molecule has 0 bridgehead atoms. The Morgan fingerprint density at radius 2 is 1.86 bits per heavy atom. The minimum atomic E-state index is 0.169. The number of nitrogens with zero attached hydrogens (tertiary/aromatic N) is 2. The van der Waals surface area contributed by atoms with Crippen LogP contribution in [0.4, 0.5) is 5.82 Å². The highest BCUT2D eigenvalue weighted by Gasteiger charge is 2.11. The maximum absolute atomic E-state index is 5.65. The average molecular weight is 350 g/mol. The summed E-state index contributed by atoms with van der Waals surface area (Å²) in [6.45, 7) is 6.10. The SMILES string of the molecule is CCc1nc(-c2ccc(OC(C)C)cc2)nc(NC)c1Br. The van der Waals surface area contributed by atoms with E-state index in [4.69, 9.17) is 4.74 Å². The molecule has 0 fully saturated rings. The molecule has 5 heteroatoms. The molecule has 21 heavy (non-hydrogen) atoms. The molecule has 2 rings (SSSR count). The number of aryl methyl sites for hydroxylation is 1. The lowest BCUT2D eigenvalue weighted by molar-refractivity contribution is 0.242. The number of aromatic nitrogens is 2. The maximum atomic E-state index is 5.65. The third-order valence-corrected chi connectivity index (χ3v) is 3.81. The van der Waals surface area contributed by atoms with E-state index in [-0.39, 0.29) is 6.10 Å². The van der Waals surface area contributed by atoms with E-state index in [1.54, 1.807) is 0 Å². The van der Waals surface area contributed by atoms with Crippen molar-refractivity contribution in [2.75, 3.05) is 12.4 Å². The predicted molar refractivity (Wildman–Crippen MR) is 89.9 cm³/mol. The van der Waals surface area contributed by atoms with Gasteiger partial charge in [-0.3, -0.25) is 0 Å². The summed E-state index contributed by atoms with van der Waals surface area (Å²) in [5, 5.41) is 3.09. The second-order valence-corrected chi connectivity index (χ2v) is 5.74. The van der Waals surface area contributed by atoms with E-state index >= 15 is 0 Å². The van der Waals surface area contributed by atoms with Crippen molar-refractivity contribution in [3.8, 4) is 17.1 Å². The molecule has 0 atom stereocenters. The smallest absolute Gasteiger partial charge is 0.161 e. The van der Waals surface area contributed by atoms with Gasteiger partial charge in [0.05, 0.1) is 16.3 Å². The van der Waals surface area contributed by atoms with E-state index in [2.05, 4.69) is 38.1 Å². The van der Waals surface area contributed by atoms with Crippen LogP contribution in [0.25, 0.3) is 11.4 Å². The van der Waals surface area contributed by atoms with E-state index in [1.165, 1.54) is 0 Å². The Morgan fingerprint density at radius 1 is 1.19 bits per heavy atom. The van der Waals surface area contributed by atoms with Crippen LogP contribution < -0.4 is 10.1 Å². The molecule has 2 aromatic rings. The number of ether oxygens (including phenoxy) is 1. The van der Waals surface area contributed by atoms with Crippen molar-refractivity contribution in [3.05, 3.63) is 34.4 Å². The molecule has 1 heterocycles. The number of hydrogen-bond donors (Lipinski definition) is 1. The van der Waals surface area contributed by atoms with Crippen molar-refractivity contribution >= 4 is 21.7 Å². The van der Waals surface area contributed by atoms with Gasteiger partial charge in [-0.1, -0.05) is 6.92 Å². The number of benzene rings is 1. The highest BCUT2D eigenvalue weighted by Crippen LogP contribution is 2.28. The summed E-state index contributed by atoms with van der Waals surface area (Å²) in [6, 6.07) is 7.87. The Hall–Kier alpha value is -1.62. The number of hydrogen-bond acceptors (Lipinski definition) is 4. The summed E-state index contributed by atoms with van der Waals surface area (Å²) < 4.78 is 6.58. The number of halogens is 1. The Labute approximate surface area is 134 Å². The first-order valence-corrected chi connectivity index (χ1v) is 7.85. The van der Waals surface area contributed by atoms with Crippen molar-refractivity contribution in [1.82, 2.24) is 9.97 Å². The molecular formula is C16H20BrN3O. The molecule has 0 aliphatic carbocycles. The zero-order valence-corrected chi connectivity index (χ0v) is 14.4. The zero-order valence-electron chi connectivity index (χ0n) is 12.8. The summed E-state index contributed by atoms with van der Waals surface area (Å²) in [5.41, 5.74) is 1.97. The predicted octanol–water partition coefficient (Wildman–Crippen LogP) is 4.30. The Kier molecular flexibility index (Phi) is 5.17. The molecule has 0 aliphatic heterocycles. The Bertz CT molecular complexity index is 586. The van der Waals surface area contributed by atoms with Gasteiger partial charge in [0.25, 0.3) is 0 Å². The first-order valence-electron chi connectivity index (χ1n) is 7.06. The summed E-state index contributed by atoms with van der Waals surface area (Å²) in [4.78, 5) is 9.17. The Morgan fingerprint density at radius 3 is 2.38 bits per heavy atom. The van der Waals surface area contributed by atoms with Crippen LogP contribution in [0.3, 0.4) is 0 Å². The van der Waals surface area contributed by atoms with Crippen LogP contribution >= 0.6 is 15.9 Å². The molecule has 0 spiro atoms. The van der Waals surface area contributed by atoms with Gasteiger partial charge in [0, 0.05) is 12.6 Å². The fraction of sp³-hybridized carbons (Fsp3) is 0.375. The second-order valence-electron chi connectivity index (χ2n) is 4.95. The van der Waals surface area contributed by atoms with Gasteiger partial charge in [0.15, 0.2) is 5.82 Å². The molecule has 1 aromatic heterocycles. The van der Waals surface area contributed by atoms with Crippen LogP contribution in [0.2, 0.25) is 0 Å². The van der Waals surface area contributed by atoms with E-state index < -0.39 is 0 Å². The average Bonchev–Trinajstić information content (AvgIpc) is 2.48. The van der Waals surface area contributed by atoms with Crippen molar-refractivity contribution in [3.63, 3.8) is 0 Å². The zero-order chi connectivity index (χ0) is 15.4. The van der Waals surface area contributed by atoms with Gasteiger partial charge in [0.1, 0.15) is 11.6 Å². The lowest BCUT2D eigenvalue weighted by Crippen LogP contribution is -2.05. The number of rotatable bonds is 5. The van der Waals surface area contributed by atoms with Crippen molar-refractivity contribution in [2.24, 2.45) is 0 Å². The summed E-state index contributed by atoms with van der Waals surface area (Å²) in [6.07, 6.45) is 1.02. The topological polar surface area (TPSA) is 47.0 Å². The molecule has 0 saturated carbocycles. The first kappa shape index (κ1) is 15.8. The third-order valence-electron chi connectivity index (χ3n) is 2.98. The highest BCUT2D eigenvalue weighted by atomic mass is 79.9. The van der Waals surface area contributed by atoms with Gasteiger partial charge < -0.3 is 10.1 Å². The van der Waals surface area contributed by atoms with Gasteiger partial charge in [-0.25, -0.2) is 9.97 Å². The van der Waals surface area contributed by atoms with Crippen LogP contribution in [0.15, 0.2) is 28.7 Å². The van der Waals surface area contributed by atoms with Crippen LogP contribution in [0, 0.1) is 0 Å². The van der Waals surface area contributed by atoms with Crippen LogP contribution in [-0.4, -0.2) is 23.1 Å². The standard InChI is InChI=1S/C16H20BrN3O/c1-5-13-14(17)16(18-4)20-15(19-13)11-6-8-12(9-7-11)21-10(2)3/h6-10H,5H2,1-4H3,(H,18,19,20). The minimum Gasteiger partial charge on any atom is -0.491 e. The lowest BCUT2D eigenvalue weighted by Gasteiger charge is -2.12. The molecule has 0 saturated heterocycles. The largest absolute Gasteiger partial charge is 0.491 e. The highest BCUT2D eigenvalue weighted by molar-refractivity contribution is 9.10. The Balaban J connectivity index is 2.37. The lowest BCUT2D eigenvalue weighted by atomic mass is 10.2. The monoisotopic (exact) mass is 349 g/mol. The van der Waals surface area contributed by atoms with Crippen LogP contribution in [0.1, 0.15) is 26.5 Å². The van der Waals surface area contributed by atoms with Crippen molar-refractivity contribution in [1.29, 1.82) is 0 Å². The molecule has 1 aromatic carbocycles. The van der Waals surface area contributed by atoms with Crippen LogP contribution in [0.5, 0.6) is 5.75 Å². The molecule has 0 amide bonds. The number of anilines is 1. The molecule has 0 unspecified atom stereocenters. The molecule has 1 N–H and O–H groups in total. The van der Waals surface area contributed by atoms with Crippen molar-refractivity contribution in [2.45, 2.75) is 33.3 Å². The fourth-order valence-electron chi connectivity index (χ4n) is 1.98. The van der Waals surface area contributed by atoms with E-state index in [9.17, 15) is 0 Å². The molecular weight excluding hydrogens is 330 g/mol. The minimum absolute atomic E-state index is 0.169. The fourth-order valence-corrected chi connectivity index (χ4v) is 2.63. The van der Waals surface area contributed by atoms with E-state index in [1.807, 2.05) is 45.2 Å². The van der Waals surface area contributed by atoms with Gasteiger partial charge in [-0.05, 0) is 60.5 Å². The maximum Gasteiger partial charge on any atom is 0.161 e. The van der Waals surface area contributed by atoms with Crippen molar-refractivity contribution < 1.29 is 4.74 Å². The number of nitrogens with one attached hydrogen (secondary N) is 1. The van der Waals surface area contributed by atoms with Gasteiger partial charge in [0.2, 0.25) is 0 Å². The molecule has 0 aliphatic rings. The molecule has 0 radical (unpaired) electrons. The van der Waals surface area contributed by atoms with E-state index in [0.29, 0.717) is 0 Å². The van der Waals surface area contributed by atoms with Gasteiger partial charge >= 0.3 is 0 Å². The molecule has 112 valence electrons. The van der Waals surface area contributed by atoms with Gasteiger partial charge in [-0.2, -0.15) is 0 Å². The summed E-state index contributed by atoms with van der Waals surface area (Å²) >= 11 is 3.54. The normalized spacial score (nSPS) is 10.8. The third kappa shape index (κ3) is 3.73. The summed E-state index contributed by atoms with van der Waals surface area (Å²) in [7, 11) is 1.86. The second kappa shape index (κ2) is 6.89. The molecule has 4 nitrogen and oxygen atoms in total. The quantitative estimate of drug-likeness (QED) is 0.874. The summed E-state index contributed by atoms with van der Waals surface area (Å²) in [5.74, 6) is 2.38. The van der Waals surface area contributed by atoms with Gasteiger partial charge in [-0.15, -0.1) is 0 Å². The van der Waals surface area contributed by atoms with E-state index in [0.717, 1.165) is 39.5 Å². The van der Waals surface area contributed by atoms with Crippen LogP contribution in [-0.2, 0) is 6.42 Å². The first-order chi connectivity index (χ1) is 10.0.